The van der Waals surface area contributed by atoms with Gasteiger partial charge in [0.2, 0.25) is 0 Å². The second kappa shape index (κ2) is 9.97. The van der Waals surface area contributed by atoms with Crippen LogP contribution in [0.5, 0.6) is 0 Å². The van der Waals surface area contributed by atoms with Crippen LogP contribution in [0.25, 0.3) is 0 Å². The molecule has 0 atom stereocenters. The molecule has 0 heterocycles. The second-order valence-corrected chi connectivity index (χ2v) is 7.86. The van der Waals surface area contributed by atoms with Gasteiger partial charge in [0.05, 0.1) is 0 Å². The van der Waals surface area contributed by atoms with E-state index in [0.717, 1.165) is 12.8 Å². The van der Waals surface area contributed by atoms with Crippen molar-refractivity contribution in [1.29, 1.82) is 0 Å². The summed E-state index contributed by atoms with van der Waals surface area (Å²) < 4.78 is 0. The van der Waals surface area contributed by atoms with Crippen molar-refractivity contribution in [3.05, 3.63) is 23.3 Å². The maximum absolute atomic E-state index is 4.59. The van der Waals surface area contributed by atoms with Gasteiger partial charge >= 0.3 is 0 Å². The summed E-state index contributed by atoms with van der Waals surface area (Å²) in [4.78, 5) is 4.59. The zero-order valence-corrected chi connectivity index (χ0v) is 15.7. The van der Waals surface area contributed by atoms with Crippen LogP contribution >= 0.6 is 0 Å². The fraction of sp³-hybridized carbons (Fsp3) is 0.750. The Morgan fingerprint density at radius 1 is 0.905 bits per heavy atom. The van der Waals surface area contributed by atoms with E-state index in [1.165, 1.54) is 36.1 Å². The van der Waals surface area contributed by atoms with Crippen LogP contribution in [0.4, 0.5) is 0 Å². The van der Waals surface area contributed by atoms with Crippen molar-refractivity contribution in [2.75, 3.05) is 0 Å². The van der Waals surface area contributed by atoms with Crippen molar-refractivity contribution in [2.45, 2.75) is 93.5 Å². The highest BCUT2D eigenvalue weighted by atomic mass is 14.8. The van der Waals surface area contributed by atoms with Gasteiger partial charge in [0.25, 0.3) is 0 Å². The Bertz CT molecular complexity index is 375. The minimum absolute atomic E-state index is 0.403. The van der Waals surface area contributed by atoms with Gasteiger partial charge in [-0.15, -0.1) is 0 Å². The minimum Gasteiger partial charge on any atom is -0.292 e. The third-order valence-corrected chi connectivity index (χ3v) is 3.45. The molecule has 0 unspecified atom stereocenters. The van der Waals surface area contributed by atoms with E-state index in [2.05, 4.69) is 72.5 Å². The molecule has 0 fully saturated rings. The molecule has 0 aliphatic carbocycles. The molecule has 0 bridgehead atoms. The van der Waals surface area contributed by atoms with Crippen molar-refractivity contribution in [3.63, 3.8) is 0 Å². The molecule has 0 aromatic heterocycles. The molecule has 0 spiro atoms. The molecular weight excluding hydrogens is 254 g/mol. The highest BCUT2D eigenvalue weighted by Crippen LogP contribution is 2.21. The lowest BCUT2D eigenvalue weighted by atomic mass is 9.91. The average Bonchev–Trinajstić information content (AvgIpc) is 2.32. The summed E-state index contributed by atoms with van der Waals surface area (Å²) >= 11 is 0. The Hall–Kier alpha value is -0.850. The standard InChI is InChI=1S/C20H37N/c1-16(2)21-19(5)13-12-17(3)10-9-11-18(4)14-15-20(6,7)8/h10,14,16H,9,11-13,15H2,1-8H3/b17-10+,18-14+,21-19+. The van der Waals surface area contributed by atoms with Gasteiger partial charge in [-0.1, -0.05) is 44.1 Å². The summed E-state index contributed by atoms with van der Waals surface area (Å²) in [7, 11) is 0. The van der Waals surface area contributed by atoms with Gasteiger partial charge < -0.3 is 0 Å². The van der Waals surface area contributed by atoms with Crippen molar-refractivity contribution in [3.8, 4) is 0 Å². The number of rotatable bonds is 8. The first-order valence-electron chi connectivity index (χ1n) is 8.44. The van der Waals surface area contributed by atoms with E-state index < -0.39 is 0 Å². The molecular formula is C20H37N. The molecule has 1 nitrogen and oxygen atoms in total. The Labute approximate surface area is 133 Å². The fourth-order valence-electron chi connectivity index (χ4n) is 2.11. The second-order valence-electron chi connectivity index (χ2n) is 7.86. The lowest BCUT2D eigenvalue weighted by Crippen LogP contribution is -2.02. The number of hydrogen-bond donors (Lipinski definition) is 0. The molecule has 0 saturated carbocycles. The van der Waals surface area contributed by atoms with Crippen LogP contribution in [0.1, 0.15) is 87.5 Å². The Balaban J connectivity index is 4.08. The summed E-state index contributed by atoms with van der Waals surface area (Å²) in [5.41, 5.74) is 4.70. The lowest BCUT2D eigenvalue weighted by Gasteiger charge is -2.15. The van der Waals surface area contributed by atoms with Crippen molar-refractivity contribution >= 4 is 5.71 Å². The largest absolute Gasteiger partial charge is 0.292 e. The van der Waals surface area contributed by atoms with E-state index in [1.807, 2.05) is 0 Å². The molecule has 0 aliphatic heterocycles. The van der Waals surface area contributed by atoms with Crippen molar-refractivity contribution in [2.24, 2.45) is 10.4 Å². The smallest absolute Gasteiger partial charge is 0.0442 e. The summed E-state index contributed by atoms with van der Waals surface area (Å²) in [6, 6.07) is 0.421. The van der Waals surface area contributed by atoms with Crippen LogP contribution in [-0.4, -0.2) is 11.8 Å². The van der Waals surface area contributed by atoms with Gasteiger partial charge in [-0.05, 0) is 72.1 Å². The van der Waals surface area contributed by atoms with Gasteiger partial charge in [-0.3, -0.25) is 4.99 Å². The van der Waals surface area contributed by atoms with Gasteiger partial charge in [-0.2, -0.15) is 0 Å². The van der Waals surface area contributed by atoms with Crippen LogP contribution in [0.2, 0.25) is 0 Å². The van der Waals surface area contributed by atoms with E-state index in [9.17, 15) is 0 Å². The minimum atomic E-state index is 0.403. The maximum Gasteiger partial charge on any atom is 0.0442 e. The molecule has 0 rings (SSSR count). The molecule has 0 saturated heterocycles. The lowest BCUT2D eigenvalue weighted by molar-refractivity contribution is 0.419. The monoisotopic (exact) mass is 291 g/mol. The number of aliphatic imine (C=N–C) groups is 1. The van der Waals surface area contributed by atoms with Crippen LogP contribution in [-0.2, 0) is 0 Å². The molecule has 0 N–H and O–H groups in total. The predicted molar refractivity (Wildman–Crippen MR) is 98.3 cm³/mol. The van der Waals surface area contributed by atoms with Crippen LogP contribution in [0.3, 0.4) is 0 Å². The van der Waals surface area contributed by atoms with Gasteiger partial charge in [0, 0.05) is 11.8 Å². The molecule has 122 valence electrons. The summed E-state index contributed by atoms with van der Waals surface area (Å²) in [6.45, 7) is 17.8. The zero-order valence-electron chi connectivity index (χ0n) is 15.7. The molecule has 0 amide bonds. The third kappa shape index (κ3) is 13.9. The van der Waals surface area contributed by atoms with E-state index >= 15 is 0 Å². The van der Waals surface area contributed by atoms with E-state index in [0.29, 0.717) is 11.5 Å². The molecule has 0 aliphatic rings. The summed E-state index contributed by atoms with van der Waals surface area (Å²) in [6.07, 6.45) is 10.6. The van der Waals surface area contributed by atoms with E-state index in [4.69, 9.17) is 0 Å². The van der Waals surface area contributed by atoms with E-state index in [-0.39, 0.29) is 0 Å². The topological polar surface area (TPSA) is 12.4 Å². The van der Waals surface area contributed by atoms with Gasteiger partial charge in [-0.25, -0.2) is 0 Å². The van der Waals surface area contributed by atoms with E-state index in [1.54, 1.807) is 0 Å². The van der Waals surface area contributed by atoms with Crippen LogP contribution in [0, 0.1) is 5.41 Å². The first kappa shape index (κ1) is 20.1. The van der Waals surface area contributed by atoms with Crippen LogP contribution < -0.4 is 0 Å². The number of allylic oxidation sites excluding steroid dienone is 4. The average molecular weight is 292 g/mol. The normalized spacial score (nSPS) is 15.0. The highest BCUT2D eigenvalue weighted by molar-refractivity contribution is 5.82. The molecule has 1 heteroatoms. The summed E-state index contributed by atoms with van der Waals surface area (Å²) in [5, 5.41) is 0. The van der Waals surface area contributed by atoms with Crippen LogP contribution in [0.15, 0.2) is 28.3 Å². The molecule has 0 radical (unpaired) electrons. The highest BCUT2D eigenvalue weighted by Gasteiger charge is 2.07. The first-order chi connectivity index (χ1) is 9.60. The number of nitrogens with zero attached hydrogens (tertiary/aromatic N) is 1. The molecule has 0 aromatic rings. The quantitative estimate of drug-likeness (QED) is 0.346. The third-order valence-electron chi connectivity index (χ3n) is 3.45. The Morgan fingerprint density at radius 2 is 1.48 bits per heavy atom. The van der Waals surface area contributed by atoms with Crippen molar-refractivity contribution < 1.29 is 0 Å². The Kier molecular flexibility index (Phi) is 9.57. The fourth-order valence-corrected chi connectivity index (χ4v) is 2.11. The summed E-state index contributed by atoms with van der Waals surface area (Å²) in [5.74, 6) is 0. The van der Waals surface area contributed by atoms with Gasteiger partial charge in [0.1, 0.15) is 0 Å². The predicted octanol–water partition coefficient (Wildman–Crippen LogP) is 6.74. The zero-order chi connectivity index (χ0) is 16.5. The van der Waals surface area contributed by atoms with Crippen molar-refractivity contribution in [1.82, 2.24) is 0 Å². The Morgan fingerprint density at radius 3 is 2.00 bits per heavy atom. The molecule has 0 aromatic carbocycles. The molecule has 21 heavy (non-hydrogen) atoms. The number of hydrogen-bond acceptors (Lipinski definition) is 1. The first-order valence-corrected chi connectivity index (χ1v) is 8.44. The maximum atomic E-state index is 4.59. The SMILES string of the molecule is C/C(=C\CC(C)(C)C)CC/C=C(\C)CC/C(C)=N/C(C)C. The van der Waals surface area contributed by atoms with Gasteiger partial charge in [0.15, 0.2) is 0 Å².